The maximum atomic E-state index is 14.7. The van der Waals surface area contributed by atoms with Crippen LogP contribution in [0.2, 0.25) is 5.02 Å². The van der Waals surface area contributed by atoms with Crippen LogP contribution in [0.3, 0.4) is 0 Å². The molecule has 6 rings (SSSR count). The third kappa shape index (κ3) is 4.59. The highest BCUT2D eigenvalue weighted by atomic mass is 35.5. The van der Waals surface area contributed by atoms with Crippen molar-refractivity contribution in [2.45, 2.75) is 25.0 Å². The number of hydrogen-bond acceptors (Lipinski definition) is 7. The second-order valence-electron chi connectivity index (χ2n) is 9.47. The van der Waals surface area contributed by atoms with Gasteiger partial charge in [0.15, 0.2) is 11.5 Å². The molecule has 5 heterocycles. The SMILES string of the molecule is COc1ccc(F)c(C(=O)N2C3CCN(Cc4c(-c5ccc(Cl)cc5)nc5ncccn45)CC2COC3)n1. The van der Waals surface area contributed by atoms with Gasteiger partial charge in [0.2, 0.25) is 11.7 Å². The summed E-state index contributed by atoms with van der Waals surface area (Å²) in [6.45, 7) is 2.64. The first-order chi connectivity index (χ1) is 18.5. The molecule has 0 saturated carbocycles. The van der Waals surface area contributed by atoms with Crippen molar-refractivity contribution in [2.24, 2.45) is 0 Å². The van der Waals surface area contributed by atoms with Gasteiger partial charge in [0.1, 0.15) is 0 Å². The highest BCUT2D eigenvalue weighted by Gasteiger charge is 2.40. The highest BCUT2D eigenvalue weighted by molar-refractivity contribution is 6.30. The third-order valence-electron chi connectivity index (χ3n) is 7.12. The van der Waals surface area contributed by atoms with Crippen LogP contribution in [0.5, 0.6) is 5.88 Å². The van der Waals surface area contributed by atoms with Crippen molar-refractivity contribution >= 4 is 23.3 Å². The molecule has 2 saturated heterocycles. The molecule has 38 heavy (non-hydrogen) atoms. The van der Waals surface area contributed by atoms with Gasteiger partial charge in [-0.1, -0.05) is 23.7 Å². The number of morpholine rings is 1. The number of aromatic nitrogens is 4. The Hall–Kier alpha value is -3.60. The molecule has 11 heteroatoms. The maximum Gasteiger partial charge on any atom is 0.276 e. The fraction of sp³-hybridized carbons (Fsp3) is 0.333. The largest absolute Gasteiger partial charge is 0.481 e. The Kier molecular flexibility index (Phi) is 6.69. The summed E-state index contributed by atoms with van der Waals surface area (Å²) >= 11 is 6.13. The quantitative estimate of drug-likeness (QED) is 0.384. The van der Waals surface area contributed by atoms with Crippen molar-refractivity contribution < 1.29 is 18.7 Å². The molecule has 2 aliphatic rings. The number of methoxy groups -OCH3 is 1. The molecule has 2 unspecified atom stereocenters. The molecule has 0 aliphatic carbocycles. The zero-order chi connectivity index (χ0) is 26.2. The average Bonchev–Trinajstić information content (AvgIpc) is 3.25. The van der Waals surface area contributed by atoms with Crippen molar-refractivity contribution in [3.8, 4) is 17.1 Å². The standard InChI is InChI=1S/C27H26ClFN6O3/c1-37-23-8-7-21(29)25(31-23)26(36)35-19-9-12-33(13-20(35)16-38-15-19)14-22-24(17-3-5-18(28)6-4-17)32-27-30-10-2-11-34(22)27/h2-8,10-11,19-20H,9,12-16H2,1H3. The normalized spacial score (nSPS) is 19.9. The van der Waals surface area contributed by atoms with E-state index in [0.717, 1.165) is 23.5 Å². The van der Waals surface area contributed by atoms with Gasteiger partial charge in [-0.25, -0.2) is 19.3 Å². The lowest BCUT2D eigenvalue weighted by Crippen LogP contribution is -2.56. The number of pyridine rings is 1. The van der Waals surface area contributed by atoms with Crippen molar-refractivity contribution in [1.82, 2.24) is 29.2 Å². The van der Waals surface area contributed by atoms with Gasteiger partial charge >= 0.3 is 0 Å². The number of imidazole rings is 1. The van der Waals surface area contributed by atoms with E-state index in [-0.39, 0.29) is 23.7 Å². The Morgan fingerprint density at radius 1 is 1.16 bits per heavy atom. The summed E-state index contributed by atoms with van der Waals surface area (Å²) in [7, 11) is 1.44. The molecular weight excluding hydrogens is 511 g/mol. The monoisotopic (exact) mass is 536 g/mol. The Labute approximate surface area is 223 Å². The summed E-state index contributed by atoms with van der Waals surface area (Å²) in [4.78, 5) is 31.0. The molecule has 196 valence electrons. The first-order valence-electron chi connectivity index (χ1n) is 12.4. The molecule has 2 atom stereocenters. The van der Waals surface area contributed by atoms with Gasteiger partial charge in [-0.2, -0.15) is 0 Å². The van der Waals surface area contributed by atoms with E-state index in [1.807, 2.05) is 40.9 Å². The first kappa shape index (κ1) is 24.7. The van der Waals surface area contributed by atoms with Crippen LogP contribution in [0.15, 0.2) is 54.9 Å². The summed E-state index contributed by atoms with van der Waals surface area (Å²) in [6, 6.07) is 11.7. The van der Waals surface area contributed by atoms with E-state index < -0.39 is 11.7 Å². The lowest BCUT2D eigenvalue weighted by molar-refractivity contribution is -0.0331. The number of rotatable bonds is 5. The van der Waals surface area contributed by atoms with Gasteiger partial charge in [-0.15, -0.1) is 0 Å². The summed E-state index contributed by atoms with van der Waals surface area (Å²) < 4.78 is 27.7. The molecule has 1 aromatic carbocycles. The number of fused-ring (bicyclic) bond motifs is 3. The smallest absolute Gasteiger partial charge is 0.276 e. The number of halogens is 2. The number of carbonyl (C=O) groups excluding carboxylic acids is 1. The molecule has 3 aromatic heterocycles. The number of hydrogen-bond donors (Lipinski definition) is 0. The Morgan fingerprint density at radius 3 is 2.79 bits per heavy atom. The number of ether oxygens (including phenoxy) is 2. The van der Waals surface area contributed by atoms with E-state index in [2.05, 4.69) is 14.9 Å². The van der Waals surface area contributed by atoms with Crippen LogP contribution in [0.25, 0.3) is 17.0 Å². The predicted octanol–water partition coefficient (Wildman–Crippen LogP) is 3.71. The zero-order valence-corrected chi connectivity index (χ0v) is 21.5. The Morgan fingerprint density at radius 2 is 1.97 bits per heavy atom. The molecule has 0 spiro atoms. The summed E-state index contributed by atoms with van der Waals surface area (Å²) in [5.41, 5.74) is 2.54. The van der Waals surface area contributed by atoms with Crippen molar-refractivity contribution in [3.05, 3.63) is 77.1 Å². The minimum atomic E-state index is -0.665. The molecule has 2 bridgehead atoms. The summed E-state index contributed by atoms with van der Waals surface area (Å²) in [5, 5.41) is 0.656. The molecule has 9 nitrogen and oxygen atoms in total. The number of amides is 1. The van der Waals surface area contributed by atoms with Gasteiger partial charge in [0, 0.05) is 48.7 Å². The van der Waals surface area contributed by atoms with Gasteiger partial charge in [-0.3, -0.25) is 14.1 Å². The van der Waals surface area contributed by atoms with Crippen LogP contribution in [0.1, 0.15) is 22.6 Å². The molecule has 1 amide bonds. The van der Waals surface area contributed by atoms with E-state index in [0.29, 0.717) is 43.5 Å². The topological polar surface area (TPSA) is 85.1 Å². The summed E-state index contributed by atoms with van der Waals surface area (Å²) in [5.74, 6) is -0.298. The van der Waals surface area contributed by atoms with Crippen molar-refractivity contribution in [3.63, 3.8) is 0 Å². The molecule has 4 aromatic rings. The average molecular weight is 537 g/mol. The maximum absolute atomic E-state index is 14.7. The van der Waals surface area contributed by atoms with Crippen LogP contribution < -0.4 is 4.74 Å². The summed E-state index contributed by atoms with van der Waals surface area (Å²) in [6.07, 6.45) is 4.36. The van der Waals surface area contributed by atoms with Crippen molar-refractivity contribution in [1.29, 1.82) is 0 Å². The molecule has 0 N–H and O–H groups in total. The highest BCUT2D eigenvalue weighted by Crippen LogP contribution is 2.29. The number of carbonyl (C=O) groups is 1. The Balaban J connectivity index is 1.31. The van der Waals surface area contributed by atoms with Gasteiger partial charge in [0.05, 0.1) is 43.8 Å². The van der Waals surface area contributed by atoms with E-state index in [1.165, 1.54) is 19.2 Å². The predicted molar refractivity (Wildman–Crippen MR) is 139 cm³/mol. The van der Waals surface area contributed by atoms with E-state index in [1.54, 1.807) is 11.1 Å². The lowest BCUT2D eigenvalue weighted by atomic mass is 10.1. The third-order valence-corrected chi connectivity index (χ3v) is 7.37. The van der Waals surface area contributed by atoms with E-state index in [9.17, 15) is 9.18 Å². The first-order valence-corrected chi connectivity index (χ1v) is 12.8. The second-order valence-corrected chi connectivity index (χ2v) is 9.91. The molecule has 2 aliphatic heterocycles. The van der Waals surface area contributed by atoms with Gasteiger partial charge in [0.25, 0.3) is 5.91 Å². The van der Waals surface area contributed by atoms with E-state index in [4.69, 9.17) is 26.1 Å². The fourth-order valence-electron chi connectivity index (χ4n) is 5.31. The van der Waals surface area contributed by atoms with Gasteiger partial charge < -0.3 is 14.4 Å². The van der Waals surface area contributed by atoms with Crippen LogP contribution in [-0.2, 0) is 11.3 Å². The van der Waals surface area contributed by atoms with Crippen molar-refractivity contribution in [2.75, 3.05) is 33.4 Å². The fourth-order valence-corrected chi connectivity index (χ4v) is 5.43. The zero-order valence-electron chi connectivity index (χ0n) is 20.8. The number of benzene rings is 1. The van der Waals surface area contributed by atoms with Crippen LogP contribution in [-0.4, -0.2) is 80.6 Å². The molecular formula is C27H26ClFN6O3. The van der Waals surface area contributed by atoms with Crippen LogP contribution in [0.4, 0.5) is 4.39 Å². The minimum absolute atomic E-state index is 0.182. The second kappa shape index (κ2) is 10.3. The van der Waals surface area contributed by atoms with Crippen LogP contribution >= 0.6 is 11.6 Å². The van der Waals surface area contributed by atoms with Crippen LogP contribution in [0, 0.1) is 5.82 Å². The molecule has 0 radical (unpaired) electrons. The van der Waals surface area contributed by atoms with Gasteiger partial charge in [-0.05, 0) is 30.7 Å². The molecule has 2 fully saturated rings. The lowest BCUT2D eigenvalue weighted by Gasteiger charge is -2.40. The Bertz CT molecular complexity index is 1480. The number of nitrogens with zero attached hydrogens (tertiary/aromatic N) is 6. The minimum Gasteiger partial charge on any atom is -0.481 e. The van der Waals surface area contributed by atoms with E-state index >= 15 is 0 Å².